The summed E-state index contributed by atoms with van der Waals surface area (Å²) in [6.45, 7) is 4.14. The van der Waals surface area contributed by atoms with Crippen molar-refractivity contribution in [2.24, 2.45) is 0 Å². The van der Waals surface area contributed by atoms with Crippen LogP contribution in [0.1, 0.15) is 10.4 Å². The van der Waals surface area contributed by atoms with Gasteiger partial charge in [-0.3, -0.25) is 19.8 Å². The molecule has 114 valence electrons. The minimum absolute atomic E-state index is 0.0121. The molecule has 1 saturated heterocycles. The summed E-state index contributed by atoms with van der Waals surface area (Å²) < 4.78 is 5.23. The fraction of sp³-hybridized carbons (Fsp3) is 0.462. The second kappa shape index (κ2) is 7.00. The van der Waals surface area contributed by atoms with Crippen LogP contribution in [0.4, 0.5) is 11.4 Å². The number of hydrogen-bond donors (Lipinski definition) is 2. The molecule has 8 heteroatoms. The molecule has 1 aromatic carbocycles. The first kappa shape index (κ1) is 15.2. The van der Waals surface area contributed by atoms with E-state index in [2.05, 4.69) is 10.2 Å². The van der Waals surface area contributed by atoms with Gasteiger partial charge in [0.2, 0.25) is 0 Å². The number of nitro groups is 1. The van der Waals surface area contributed by atoms with Crippen LogP contribution in [0.5, 0.6) is 0 Å². The molecule has 1 amide bonds. The van der Waals surface area contributed by atoms with E-state index in [-0.39, 0.29) is 11.3 Å². The second-order valence-electron chi connectivity index (χ2n) is 4.74. The Labute approximate surface area is 122 Å². The summed E-state index contributed by atoms with van der Waals surface area (Å²) in [7, 11) is 0. The number of amides is 1. The highest BCUT2D eigenvalue weighted by atomic mass is 16.6. The maximum absolute atomic E-state index is 12.0. The number of ether oxygens (including phenoxy) is 1. The van der Waals surface area contributed by atoms with Gasteiger partial charge in [-0.2, -0.15) is 0 Å². The third-order valence-electron chi connectivity index (χ3n) is 3.28. The van der Waals surface area contributed by atoms with E-state index in [4.69, 9.17) is 10.5 Å². The van der Waals surface area contributed by atoms with Gasteiger partial charge in [0, 0.05) is 37.9 Å². The molecule has 0 unspecified atom stereocenters. The van der Waals surface area contributed by atoms with Crippen molar-refractivity contribution in [2.75, 3.05) is 45.1 Å². The van der Waals surface area contributed by atoms with Gasteiger partial charge < -0.3 is 15.8 Å². The minimum Gasteiger partial charge on any atom is -0.399 e. The fourth-order valence-corrected chi connectivity index (χ4v) is 2.14. The van der Waals surface area contributed by atoms with Crippen molar-refractivity contribution in [1.29, 1.82) is 0 Å². The normalized spacial score (nSPS) is 15.6. The number of morpholine rings is 1. The lowest BCUT2D eigenvalue weighted by Crippen LogP contribution is -2.41. The maximum atomic E-state index is 12.0. The molecule has 0 atom stereocenters. The summed E-state index contributed by atoms with van der Waals surface area (Å²) in [5.74, 6) is -0.484. The maximum Gasteiger partial charge on any atom is 0.282 e. The lowest BCUT2D eigenvalue weighted by molar-refractivity contribution is -0.385. The SMILES string of the molecule is Nc1ccc([N+](=O)[O-])c(C(=O)NCCN2CCOCC2)c1. The first-order chi connectivity index (χ1) is 10.1. The highest BCUT2D eigenvalue weighted by molar-refractivity contribution is 5.99. The molecule has 1 aromatic rings. The Kier molecular flexibility index (Phi) is 5.07. The molecular formula is C13H18N4O4. The third-order valence-corrected chi connectivity index (χ3v) is 3.28. The van der Waals surface area contributed by atoms with Crippen LogP contribution in [0.3, 0.4) is 0 Å². The van der Waals surface area contributed by atoms with Crippen molar-refractivity contribution in [3.8, 4) is 0 Å². The summed E-state index contributed by atoms with van der Waals surface area (Å²) in [6, 6.07) is 3.97. The van der Waals surface area contributed by atoms with Crippen LogP contribution in [0, 0.1) is 10.1 Å². The number of nitrogen functional groups attached to an aromatic ring is 1. The number of nitrogens with two attached hydrogens (primary N) is 1. The summed E-state index contributed by atoms with van der Waals surface area (Å²) in [4.78, 5) is 24.5. The number of nitrogens with one attached hydrogen (secondary N) is 1. The summed E-state index contributed by atoms with van der Waals surface area (Å²) >= 11 is 0. The van der Waals surface area contributed by atoms with Crippen LogP contribution in [-0.4, -0.2) is 55.1 Å². The van der Waals surface area contributed by atoms with E-state index in [1.54, 1.807) is 0 Å². The Morgan fingerprint density at radius 3 is 2.81 bits per heavy atom. The Hall–Kier alpha value is -2.19. The van der Waals surface area contributed by atoms with Gasteiger partial charge in [-0.25, -0.2) is 0 Å². The second-order valence-corrected chi connectivity index (χ2v) is 4.74. The largest absolute Gasteiger partial charge is 0.399 e. The van der Waals surface area contributed by atoms with Crippen molar-refractivity contribution in [1.82, 2.24) is 10.2 Å². The standard InChI is InChI=1S/C13H18N4O4/c14-10-1-2-12(17(19)20)11(9-10)13(18)15-3-4-16-5-7-21-8-6-16/h1-2,9H,3-8,14H2,(H,15,18). The van der Waals surface area contributed by atoms with Crippen LogP contribution < -0.4 is 11.1 Å². The molecule has 1 fully saturated rings. The molecule has 0 aromatic heterocycles. The predicted octanol–water partition coefficient (Wildman–Crippen LogP) is 0.239. The summed E-state index contributed by atoms with van der Waals surface area (Å²) in [6.07, 6.45) is 0. The first-order valence-corrected chi connectivity index (χ1v) is 6.70. The quantitative estimate of drug-likeness (QED) is 0.457. The van der Waals surface area contributed by atoms with Gasteiger partial charge in [0.05, 0.1) is 18.1 Å². The summed E-state index contributed by atoms with van der Waals surface area (Å²) in [5.41, 5.74) is 5.65. The molecule has 0 radical (unpaired) electrons. The smallest absolute Gasteiger partial charge is 0.282 e. The third kappa shape index (κ3) is 4.14. The number of carbonyl (C=O) groups is 1. The lowest BCUT2D eigenvalue weighted by Gasteiger charge is -2.26. The number of carbonyl (C=O) groups excluding carboxylic acids is 1. The Bertz CT molecular complexity index is 529. The zero-order chi connectivity index (χ0) is 15.2. The zero-order valence-electron chi connectivity index (χ0n) is 11.6. The molecule has 0 aliphatic carbocycles. The molecule has 2 rings (SSSR count). The molecule has 0 bridgehead atoms. The molecule has 3 N–H and O–H groups in total. The number of rotatable bonds is 5. The molecule has 1 aliphatic heterocycles. The van der Waals surface area contributed by atoms with Crippen LogP contribution in [0.25, 0.3) is 0 Å². The van der Waals surface area contributed by atoms with Gasteiger partial charge in [0.25, 0.3) is 11.6 Å². The van der Waals surface area contributed by atoms with Gasteiger partial charge >= 0.3 is 0 Å². The van der Waals surface area contributed by atoms with Gasteiger partial charge in [-0.15, -0.1) is 0 Å². The Balaban J connectivity index is 1.93. The number of nitro benzene ring substituents is 1. The Morgan fingerprint density at radius 2 is 2.14 bits per heavy atom. The summed E-state index contributed by atoms with van der Waals surface area (Å²) in [5, 5.41) is 13.6. The van der Waals surface area contributed by atoms with Crippen molar-refractivity contribution in [3.63, 3.8) is 0 Å². The molecular weight excluding hydrogens is 276 g/mol. The fourth-order valence-electron chi connectivity index (χ4n) is 2.14. The van der Waals surface area contributed by atoms with E-state index in [1.807, 2.05) is 0 Å². The zero-order valence-corrected chi connectivity index (χ0v) is 11.6. The first-order valence-electron chi connectivity index (χ1n) is 6.70. The van der Waals surface area contributed by atoms with E-state index in [9.17, 15) is 14.9 Å². The van der Waals surface area contributed by atoms with E-state index in [1.165, 1.54) is 18.2 Å². The van der Waals surface area contributed by atoms with E-state index < -0.39 is 10.8 Å². The van der Waals surface area contributed by atoms with Gasteiger partial charge in [-0.05, 0) is 12.1 Å². The van der Waals surface area contributed by atoms with Crippen LogP contribution >= 0.6 is 0 Å². The highest BCUT2D eigenvalue weighted by Gasteiger charge is 2.20. The molecule has 0 spiro atoms. The van der Waals surface area contributed by atoms with Crippen LogP contribution in [0.2, 0.25) is 0 Å². The molecule has 0 saturated carbocycles. The van der Waals surface area contributed by atoms with Gasteiger partial charge in [0.15, 0.2) is 0 Å². The van der Waals surface area contributed by atoms with E-state index >= 15 is 0 Å². The average molecular weight is 294 g/mol. The van der Waals surface area contributed by atoms with Crippen LogP contribution in [0.15, 0.2) is 18.2 Å². The molecule has 1 heterocycles. The molecule has 1 aliphatic rings. The Morgan fingerprint density at radius 1 is 1.43 bits per heavy atom. The highest BCUT2D eigenvalue weighted by Crippen LogP contribution is 2.20. The average Bonchev–Trinajstić information content (AvgIpc) is 2.47. The number of benzene rings is 1. The van der Waals surface area contributed by atoms with Crippen molar-refractivity contribution in [2.45, 2.75) is 0 Å². The molecule has 8 nitrogen and oxygen atoms in total. The van der Waals surface area contributed by atoms with Crippen molar-refractivity contribution >= 4 is 17.3 Å². The van der Waals surface area contributed by atoms with E-state index in [0.717, 1.165) is 13.1 Å². The number of nitrogens with zero attached hydrogens (tertiary/aromatic N) is 2. The number of hydrogen-bond acceptors (Lipinski definition) is 6. The van der Waals surface area contributed by atoms with E-state index in [0.29, 0.717) is 32.0 Å². The van der Waals surface area contributed by atoms with Crippen LogP contribution in [-0.2, 0) is 4.74 Å². The van der Waals surface area contributed by atoms with Gasteiger partial charge in [0.1, 0.15) is 5.56 Å². The van der Waals surface area contributed by atoms with Crippen molar-refractivity contribution in [3.05, 3.63) is 33.9 Å². The van der Waals surface area contributed by atoms with Crippen molar-refractivity contribution < 1.29 is 14.5 Å². The topological polar surface area (TPSA) is 111 Å². The minimum atomic E-state index is -0.587. The van der Waals surface area contributed by atoms with Gasteiger partial charge in [-0.1, -0.05) is 0 Å². The molecule has 21 heavy (non-hydrogen) atoms. The predicted molar refractivity (Wildman–Crippen MR) is 77.1 cm³/mol. The number of anilines is 1. The lowest BCUT2D eigenvalue weighted by atomic mass is 10.1. The monoisotopic (exact) mass is 294 g/mol.